The molecule has 0 aliphatic rings. The van der Waals surface area contributed by atoms with E-state index in [0.29, 0.717) is 0 Å². The van der Waals surface area contributed by atoms with E-state index in [1.165, 1.54) is 0 Å². The van der Waals surface area contributed by atoms with Crippen LogP contribution in [-0.2, 0) is 0 Å². The molecule has 0 aromatic carbocycles. The summed E-state index contributed by atoms with van der Waals surface area (Å²) in [6.45, 7) is -1.10. The van der Waals surface area contributed by atoms with Gasteiger partial charge in [-0.2, -0.15) is 0 Å². The molecule has 0 unspecified atom stereocenters. The molecule has 6 heavy (non-hydrogen) atoms. The summed E-state index contributed by atoms with van der Waals surface area (Å²) in [5.41, 5.74) is 0. The summed E-state index contributed by atoms with van der Waals surface area (Å²) in [7, 11) is 0. The molecule has 3 N–H and O–H groups in total. The molecular weight excluding hydrogens is 146 g/mol. The van der Waals surface area contributed by atoms with Gasteiger partial charge in [-0.3, -0.25) is 0 Å². The summed E-state index contributed by atoms with van der Waals surface area (Å²) >= 11 is 10.1. The summed E-state index contributed by atoms with van der Waals surface area (Å²) < 4.78 is 0. The Bertz CT molecular complexity index is 25.5. The topological polar surface area (TPSA) is 51.7 Å². The summed E-state index contributed by atoms with van der Waals surface area (Å²) in [5, 5.41) is 7.91. The Hall–Kier alpha value is 0.930. The predicted octanol–water partition coefficient (Wildman–Crippen LogP) is 0.901. The molecule has 0 saturated carbocycles. The Balaban J connectivity index is 0. The fourth-order valence-electron chi connectivity index (χ4n) is 0. The van der Waals surface area contributed by atoms with E-state index in [1.54, 1.807) is 0 Å². The summed E-state index contributed by atoms with van der Waals surface area (Å²) in [6, 6.07) is 0. The quantitative estimate of drug-likeness (QED) is 0.556. The third-order valence-corrected chi connectivity index (χ3v) is 0.962. The van der Waals surface area contributed by atoms with Crippen LogP contribution in [-0.4, -0.2) is 16.9 Å². The first-order valence-electron chi connectivity index (χ1n) is 0.971. The lowest BCUT2D eigenvalue weighted by Crippen LogP contribution is -1.60. The zero-order valence-corrected chi connectivity index (χ0v) is 5.26. The first kappa shape index (κ1) is 10.0. The van der Waals surface area contributed by atoms with Gasteiger partial charge >= 0.3 is 0 Å². The molecule has 0 aromatic rings. The molecule has 0 saturated heterocycles. The molecule has 40 valence electrons. The van der Waals surface area contributed by atoms with Crippen LogP contribution >= 0.6 is 29.1 Å². The highest BCUT2D eigenvalue weighted by atomic mass is 35.9. The fourth-order valence-corrected chi connectivity index (χ4v) is 0. The maximum Gasteiger partial charge on any atom is 0.111 e. The van der Waals surface area contributed by atoms with Gasteiger partial charge in [0.15, 0.2) is 0 Å². The summed E-state index contributed by atoms with van der Waals surface area (Å²) in [6.07, 6.45) is -0.0988. The van der Waals surface area contributed by atoms with Gasteiger partial charge in [0.05, 0.1) is 6.35 Å². The molecule has 0 bridgehead atoms. The monoisotopic (exact) mass is 150 g/mol. The lowest BCUT2D eigenvalue weighted by molar-refractivity contribution is 0.373. The van der Waals surface area contributed by atoms with Gasteiger partial charge in [0, 0.05) is 0 Å². The normalized spacial score (nSPS) is 8.00. The minimum atomic E-state index is -1.10. The summed E-state index contributed by atoms with van der Waals surface area (Å²) in [5.74, 6) is 0. The van der Waals surface area contributed by atoms with Gasteiger partial charge < -0.3 is 10.6 Å². The molecule has 0 heterocycles. The second-order valence-electron chi connectivity index (χ2n) is 0.444. The van der Waals surface area contributed by atoms with Gasteiger partial charge in [-0.1, -0.05) is 22.5 Å². The number of hydrogen-bond acceptors (Lipinski definition) is 1. The van der Waals surface area contributed by atoms with Crippen molar-refractivity contribution in [2.75, 3.05) is 6.35 Å². The third kappa shape index (κ3) is 8.87. The first-order valence-corrected chi connectivity index (χ1v) is 4.31. The average Bonchev–Trinajstić information content (AvgIpc) is 1.38. The molecule has 0 rings (SSSR count). The zero-order chi connectivity index (χ0) is 4.28. The van der Waals surface area contributed by atoms with Crippen LogP contribution in [0.2, 0.25) is 0 Å². The average molecular weight is 151 g/mol. The van der Waals surface area contributed by atoms with Gasteiger partial charge in [0.25, 0.3) is 0 Å². The fraction of sp³-hybridized carbons (Fsp3) is 1.00. The van der Waals surface area contributed by atoms with Crippen LogP contribution in [0.4, 0.5) is 0 Å². The lowest BCUT2D eigenvalue weighted by Gasteiger charge is -1.83. The van der Waals surface area contributed by atoms with Gasteiger partial charge in [-0.15, -0.1) is 0 Å². The van der Waals surface area contributed by atoms with Gasteiger partial charge in [0.1, 0.15) is 6.63 Å². The van der Waals surface area contributed by atoms with Crippen molar-refractivity contribution in [2.24, 2.45) is 0 Å². The zero-order valence-electron chi connectivity index (χ0n) is 2.86. The van der Waals surface area contributed by atoms with Crippen LogP contribution in [0, 0.1) is 0 Å². The smallest absolute Gasteiger partial charge is 0.111 e. The van der Waals surface area contributed by atoms with Crippen molar-refractivity contribution < 1.29 is 10.6 Å². The van der Waals surface area contributed by atoms with Crippen molar-refractivity contribution in [1.82, 2.24) is 0 Å². The number of halogens is 2. The molecule has 0 aliphatic carbocycles. The maximum atomic E-state index is 7.91. The minimum Gasteiger partial charge on any atom is -0.412 e. The Morgan fingerprint density at radius 1 is 1.50 bits per heavy atom. The molecule has 0 fully saturated rings. The second-order valence-corrected chi connectivity index (χ2v) is 4.30. The van der Waals surface area contributed by atoms with Gasteiger partial charge in [-0.25, -0.2) is 0 Å². The van der Waals surface area contributed by atoms with E-state index in [9.17, 15) is 0 Å². The highest BCUT2D eigenvalue weighted by molar-refractivity contribution is 8.03. The molecule has 2 nitrogen and oxygen atoms in total. The number of rotatable bonds is 1. The van der Waals surface area contributed by atoms with Crippen LogP contribution in [0.5, 0.6) is 0 Å². The minimum absolute atomic E-state index is 0. The van der Waals surface area contributed by atoms with Crippen LogP contribution in [0.1, 0.15) is 0 Å². The van der Waals surface area contributed by atoms with Crippen LogP contribution < -0.4 is 0 Å². The molecule has 0 aliphatic heterocycles. The molecule has 0 atom stereocenters. The number of aliphatic hydroxyl groups excluding tert-OH is 1. The second kappa shape index (κ2) is 5.93. The summed E-state index contributed by atoms with van der Waals surface area (Å²) in [4.78, 5) is 0. The highest BCUT2D eigenvalue weighted by Gasteiger charge is 1.88. The predicted molar refractivity (Wildman–Crippen MR) is 29.3 cm³/mol. The maximum absolute atomic E-state index is 7.91. The van der Waals surface area contributed by atoms with E-state index in [0.717, 1.165) is 0 Å². The van der Waals surface area contributed by atoms with Crippen molar-refractivity contribution >= 4 is 29.1 Å². The molecule has 0 aromatic heterocycles. The van der Waals surface area contributed by atoms with Crippen molar-refractivity contribution in [3.63, 3.8) is 0 Å². The molecule has 5 heteroatoms. The SMILES string of the molecule is O.OCP(Cl)Cl. The van der Waals surface area contributed by atoms with Crippen LogP contribution in [0.3, 0.4) is 0 Å². The van der Waals surface area contributed by atoms with E-state index in [1.807, 2.05) is 0 Å². The van der Waals surface area contributed by atoms with E-state index < -0.39 is 6.63 Å². The molecule has 0 radical (unpaired) electrons. The first-order chi connectivity index (χ1) is 2.27. The Labute approximate surface area is 46.7 Å². The van der Waals surface area contributed by atoms with Crippen molar-refractivity contribution in [3.05, 3.63) is 0 Å². The number of aliphatic hydroxyl groups is 1. The molecule has 0 spiro atoms. The standard InChI is InChI=1S/CH3Cl2OP.H2O/c2-5(3)1-4;/h4H,1H2;1H2. The van der Waals surface area contributed by atoms with Crippen molar-refractivity contribution in [1.29, 1.82) is 0 Å². The molecular formula is CH5Cl2O2P. The Morgan fingerprint density at radius 3 is 1.67 bits per heavy atom. The van der Waals surface area contributed by atoms with Crippen LogP contribution in [0.15, 0.2) is 0 Å². The van der Waals surface area contributed by atoms with Crippen molar-refractivity contribution in [2.45, 2.75) is 0 Å². The Morgan fingerprint density at radius 2 is 1.67 bits per heavy atom. The Kier molecular flexibility index (Phi) is 9.91. The van der Waals surface area contributed by atoms with E-state index >= 15 is 0 Å². The molecule has 0 amide bonds. The van der Waals surface area contributed by atoms with E-state index in [-0.39, 0.29) is 11.8 Å². The van der Waals surface area contributed by atoms with Gasteiger partial charge in [-0.05, 0) is 0 Å². The lowest BCUT2D eigenvalue weighted by atomic mass is 11.7. The largest absolute Gasteiger partial charge is 0.412 e. The number of hydrogen-bond donors (Lipinski definition) is 1. The van der Waals surface area contributed by atoms with E-state index in [4.69, 9.17) is 27.6 Å². The van der Waals surface area contributed by atoms with Crippen LogP contribution in [0.25, 0.3) is 0 Å². The van der Waals surface area contributed by atoms with Crippen molar-refractivity contribution in [3.8, 4) is 0 Å². The van der Waals surface area contributed by atoms with E-state index in [2.05, 4.69) is 0 Å². The highest BCUT2D eigenvalue weighted by Crippen LogP contribution is 2.44. The third-order valence-electron chi connectivity index (χ3n) is 0.107. The van der Waals surface area contributed by atoms with Gasteiger partial charge in [0.2, 0.25) is 0 Å².